The number of rotatable bonds is 3. The molecule has 2 rings (SSSR count). The highest BCUT2D eigenvalue weighted by molar-refractivity contribution is 7.09. The van der Waals surface area contributed by atoms with Gasteiger partial charge in [-0.15, -0.1) is 11.3 Å². The van der Waals surface area contributed by atoms with Crippen molar-refractivity contribution < 1.29 is 0 Å². The van der Waals surface area contributed by atoms with E-state index in [-0.39, 0.29) is 0 Å². The lowest BCUT2D eigenvalue weighted by atomic mass is 10.2. The molecule has 3 N–H and O–H groups in total. The van der Waals surface area contributed by atoms with Gasteiger partial charge in [0.05, 0.1) is 6.54 Å². The summed E-state index contributed by atoms with van der Waals surface area (Å²) >= 11 is 1.68. The molecular weight excluding hydrogens is 230 g/mol. The van der Waals surface area contributed by atoms with Crippen LogP contribution in [0.2, 0.25) is 0 Å². The molecule has 0 fully saturated rings. The second kappa shape index (κ2) is 5.50. The summed E-state index contributed by atoms with van der Waals surface area (Å²) in [6, 6.07) is 12.1. The predicted molar refractivity (Wildman–Crippen MR) is 74.4 cm³/mol. The summed E-state index contributed by atoms with van der Waals surface area (Å²) in [7, 11) is 0. The molecule has 1 heterocycles. The van der Waals surface area contributed by atoms with Gasteiger partial charge < -0.3 is 11.1 Å². The molecule has 0 amide bonds. The summed E-state index contributed by atoms with van der Waals surface area (Å²) in [6.45, 7) is 2.68. The Hall–Kier alpha value is -1.81. The van der Waals surface area contributed by atoms with E-state index in [0.29, 0.717) is 12.5 Å². The molecule has 0 atom stereocenters. The number of guanidine groups is 1. The molecule has 2 aromatic rings. The third kappa shape index (κ3) is 3.60. The van der Waals surface area contributed by atoms with Crippen LogP contribution in [0, 0.1) is 6.92 Å². The maximum atomic E-state index is 5.80. The van der Waals surface area contributed by atoms with Gasteiger partial charge in [0.15, 0.2) is 5.96 Å². The minimum Gasteiger partial charge on any atom is -0.370 e. The monoisotopic (exact) mass is 245 g/mol. The zero-order valence-electron chi connectivity index (χ0n) is 9.68. The first-order chi connectivity index (χ1) is 8.24. The minimum absolute atomic E-state index is 0.447. The van der Waals surface area contributed by atoms with E-state index in [0.717, 1.165) is 5.69 Å². The van der Waals surface area contributed by atoms with E-state index in [2.05, 4.69) is 17.2 Å². The number of nitrogens with zero attached hydrogens (tertiary/aromatic N) is 1. The van der Waals surface area contributed by atoms with Crippen molar-refractivity contribution in [2.75, 3.05) is 5.32 Å². The highest BCUT2D eigenvalue weighted by atomic mass is 32.1. The maximum absolute atomic E-state index is 5.80. The summed E-state index contributed by atoms with van der Waals surface area (Å²) in [5.74, 6) is 0.447. The first kappa shape index (κ1) is 11.7. The average Bonchev–Trinajstić information content (AvgIpc) is 2.83. The second-order valence-corrected chi connectivity index (χ2v) is 4.80. The first-order valence-electron chi connectivity index (χ1n) is 5.40. The van der Waals surface area contributed by atoms with Crippen LogP contribution in [0.15, 0.2) is 46.8 Å². The molecule has 1 aromatic carbocycles. The normalized spacial score (nSPS) is 11.5. The van der Waals surface area contributed by atoms with Crippen LogP contribution < -0.4 is 11.1 Å². The summed E-state index contributed by atoms with van der Waals surface area (Å²) in [5.41, 5.74) is 7.99. The van der Waals surface area contributed by atoms with Crippen LogP contribution in [0.4, 0.5) is 5.69 Å². The number of anilines is 1. The lowest BCUT2D eigenvalue weighted by Crippen LogP contribution is -2.22. The van der Waals surface area contributed by atoms with Gasteiger partial charge in [0.25, 0.3) is 0 Å². The molecule has 17 heavy (non-hydrogen) atoms. The van der Waals surface area contributed by atoms with Crippen molar-refractivity contribution in [1.29, 1.82) is 0 Å². The number of hydrogen-bond acceptors (Lipinski definition) is 2. The van der Waals surface area contributed by atoms with Crippen LogP contribution in [0.25, 0.3) is 0 Å². The highest BCUT2D eigenvalue weighted by Gasteiger charge is 1.95. The second-order valence-electron chi connectivity index (χ2n) is 3.77. The van der Waals surface area contributed by atoms with Gasteiger partial charge in [0.1, 0.15) is 0 Å². The molecule has 88 valence electrons. The Labute approximate surface area is 105 Å². The van der Waals surface area contributed by atoms with E-state index >= 15 is 0 Å². The molecular formula is C13H15N3S. The van der Waals surface area contributed by atoms with Crippen LogP contribution >= 0.6 is 11.3 Å². The van der Waals surface area contributed by atoms with Gasteiger partial charge in [-0.3, -0.25) is 0 Å². The smallest absolute Gasteiger partial charge is 0.193 e. The Bertz CT molecular complexity index is 486. The van der Waals surface area contributed by atoms with Gasteiger partial charge in [-0.05, 0) is 30.5 Å². The van der Waals surface area contributed by atoms with Gasteiger partial charge in [-0.25, -0.2) is 4.99 Å². The van der Waals surface area contributed by atoms with Crippen molar-refractivity contribution in [3.63, 3.8) is 0 Å². The van der Waals surface area contributed by atoms with Crippen LogP contribution in [0.3, 0.4) is 0 Å². The number of thiophene rings is 1. The zero-order valence-corrected chi connectivity index (χ0v) is 10.5. The summed E-state index contributed by atoms with van der Waals surface area (Å²) in [4.78, 5) is 5.49. The molecule has 0 radical (unpaired) electrons. The molecule has 3 nitrogen and oxygen atoms in total. The molecule has 0 unspecified atom stereocenters. The van der Waals surface area contributed by atoms with E-state index in [9.17, 15) is 0 Å². The first-order valence-corrected chi connectivity index (χ1v) is 6.28. The van der Waals surface area contributed by atoms with E-state index in [4.69, 9.17) is 5.73 Å². The van der Waals surface area contributed by atoms with Crippen molar-refractivity contribution in [1.82, 2.24) is 0 Å². The molecule has 1 aromatic heterocycles. The third-order valence-electron chi connectivity index (χ3n) is 2.31. The van der Waals surface area contributed by atoms with Crippen molar-refractivity contribution in [2.45, 2.75) is 13.5 Å². The van der Waals surface area contributed by atoms with Gasteiger partial charge in [-0.1, -0.05) is 23.8 Å². The third-order valence-corrected chi connectivity index (χ3v) is 3.17. The van der Waals surface area contributed by atoms with Gasteiger partial charge >= 0.3 is 0 Å². The fraction of sp³-hybridized carbons (Fsp3) is 0.154. The highest BCUT2D eigenvalue weighted by Crippen LogP contribution is 2.10. The Morgan fingerprint density at radius 2 is 2.06 bits per heavy atom. The molecule has 0 aliphatic heterocycles. The molecule has 0 saturated heterocycles. The number of nitrogens with two attached hydrogens (primary N) is 1. The number of aryl methyl sites for hydroxylation is 1. The van der Waals surface area contributed by atoms with Gasteiger partial charge in [0.2, 0.25) is 0 Å². The van der Waals surface area contributed by atoms with Crippen molar-refractivity contribution in [2.24, 2.45) is 10.7 Å². The molecule has 0 saturated carbocycles. The fourth-order valence-electron chi connectivity index (χ4n) is 1.39. The average molecular weight is 245 g/mol. The molecule has 0 spiro atoms. The Balaban J connectivity index is 1.94. The van der Waals surface area contributed by atoms with Crippen molar-refractivity contribution in [3.05, 3.63) is 52.2 Å². The van der Waals surface area contributed by atoms with Crippen LogP contribution in [-0.4, -0.2) is 5.96 Å². The molecule has 4 heteroatoms. The minimum atomic E-state index is 0.447. The predicted octanol–water partition coefficient (Wildman–Crippen LogP) is 2.98. The molecule has 0 aliphatic carbocycles. The molecule has 0 aliphatic rings. The summed E-state index contributed by atoms with van der Waals surface area (Å²) in [5, 5.41) is 5.10. The Morgan fingerprint density at radius 3 is 2.71 bits per heavy atom. The van der Waals surface area contributed by atoms with E-state index in [1.807, 2.05) is 41.8 Å². The van der Waals surface area contributed by atoms with Gasteiger partial charge in [-0.2, -0.15) is 0 Å². The van der Waals surface area contributed by atoms with Crippen LogP contribution in [0.1, 0.15) is 10.4 Å². The van der Waals surface area contributed by atoms with Crippen molar-refractivity contribution >= 4 is 23.0 Å². The topological polar surface area (TPSA) is 50.4 Å². The lowest BCUT2D eigenvalue weighted by Gasteiger charge is -2.05. The largest absolute Gasteiger partial charge is 0.370 e. The molecule has 0 bridgehead atoms. The van der Waals surface area contributed by atoms with Crippen LogP contribution in [0.5, 0.6) is 0 Å². The van der Waals surface area contributed by atoms with Gasteiger partial charge in [0, 0.05) is 10.6 Å². The number of nitrogens with one attached hydrogen (secondary N) is 1. The van der Waals surface area contributed by atoms with Crippen molar-refractivity contribution in [3.8, 4) is 0 Å². The fourth-order valence-corrected chi connectivity index (χ4v) is 2.02. The van der Waals surface area contributed by atoms with Crippen LogP contribution in [-0.2, 0) is 6.54 Å². The quantitative estimate of drug-likeness (QED) is 0.645. The number of benzene rings is 1. The van der Waals surface area contributed by atoms with E-state index < -0.39 is 0 Å². The SMILES string of the molecule is Cc1ccc(NC(N)=NCc2cccs2)cc1. The Kier molecular flexibility index (Phi) is 3.77. The van der Waals surface area contributed by atoms with E-state index in [1.54, 1.807) is 11.3 Å². The Morgan fingerprint density at radius 1 is 1.29 bits per heavy atom. The standard InChI is InChI=1S/C13H15N3S/c1-10-4-6-11(7-5-10)16-13(14)15-9-12-3-2-8-17-12/h2-8H,9H2,1H3,(H3,14,15,16). The zero-order chi connectivity index (χ0) is 12.1. The number of aliphatic imine (C=N–C) groups is 1. The lowest BCUT2D eigenvalue weighted by molar-refractivity contribution is 1.09. The summed E-state index contributed by atoms with van der Waals surface area (Å²) < 4.78 is 0. The number of hydrogen-bond donors (Lipinski definition) is 2. The van der Waals surface area contributed by atoms with E-state index in [1.165, 1.54) is 10.4 Å². The summed E-state index contributed by atoms with van der Waals surface area (Å²) in [6.07, 6.45) is 0. The maximum Gasteiger partial charge on any atom is 0.193 e.